The van der Waals surface area contributed by atoms with Crippen LogP contribution in [0.25, 0.3) is 0 Å². The zero-order chi connectivity index (χ0) is 19.9. The normalized spacial score (nSPS) is 19.5. The van der Waals surface area contributed by atoms with Crippen LogP contribution in [0.15, 0.2) is 40.9 Å². The molecule has 10 heteroatoms. The maximum atomic E-state index is 12.5. The number of carbonyl (C=O) groups is 1. The first-order valence-corrected chi connectivity index (χ1v) is 10.2. The number of amidine groups is 1. The van der Waals surface area contributed by atoms with Crippen molar-refractivity contribution in [2.75, 3.05) is 11.3 Å². The van der Waals surface area contributed by atoms with Crippen LogP contribution in [-0.2, 0) is 0 Å². The number of nitrogens with one attached hydrogen (secondary N) is 2. The molecule has 1 amide bonds. The number of aryl methyl sites for hydroxylation is 1. The molecule has 1 aliphatic heterocycles. The van der Waals surface area contributed by atoms with Gasteiger partial charge in [-0.2, -0.15) is 0 Å². The van der Waals surface area contributed by atoms with Crippen molar-refractivity contribution in [3.63, 3.8) is 0 Å². The number of hydrogen-bond acceptors (Lipinski definition) is 8. The number of nitrogens with zero attached hydrogens (tertiary/aromatic N) is 2. The molecule has 1 aliphatic carbocycles. The molecule has 2 aromatic rings. The van der Waals surface area contributed by atoms with Gasteiger partial charge in [-0.3, -0.25) is 23.6 Å². The van der Waals surface area contributed by atoms with Crippen molar-refractivity contribution in [1.82, 2.24) is 10.3 Å². The fraction of sp³-hybridized carbons (Fsp3) is 0.278. The average molecular weight is 403 g/mol. The second kappa shape index (κ2) is 6.66. The Labute approximate surface area is 163 Å². The van der Waals surface area contributed by atoms with E-state index in [4.69, 9.17) is 10.5 Å². The van der Waals surface area contributed by atoms with E-state index in [1.165, 1.54) is 0 Å². The van der Waals surface area contributed by atoms with Gasteiger partial charge in [0.25, 0.3) is 5.91 Å². The van der Waals surface area contributed by atoms with Crippen molar-refractivity contribution >= 4 is 28.4 Å². The Kier molecular flexibility index (Phi) is 4.41. The maximum absolute atomic E-state index is 12.5. The molecule has 0 saturated heterocycles. The molecule has 6 N–H and O–H groups in total. The monoisotopic (exact) mass is 403 g/mol. The first kappa shape index (κ1) is 18.5. The number of hydrogen-bond donors (Lipinski definition) is 5. The van der Waals surface area contributed by atoms with Crippen molar-refractivity contribution < 1.29 is 18.6 Å². The van der Waals surface area contributed by atoms with Gasteiger partial charge in [-0.25, -0.2) is 0 Å². The summed E-state index contributed by atoms with van der Waals surface area (Å²) in [5, 5.41) is 3.04. The van der Waals surface area contributed by atoms with Gasteiger partial charge in [-0.1, -0.05) is 6.07 Å². The number of anilines is 1. The maximum Gasteiger partial charge on any atom is 0.251 e. The molecule has 9 nitrogen and oxygen atoms in total. The van der Waals surface area contributed by atoms with Gasteiger partial charge in [0.2, 0.25) is 0 Å². The summed E-state index contributed by atoms with van der Waals surface area (Å²) in [5.41, 5.74) is 7.71. The predicted octanol–water partition coefficient (Wildman–Crippen LogP) is 2.44. The van der Waals surface area contributed by atoms with Gasteiger partial charge in [0.1, 0.15) is 12.4 Å². The number of fused-ring (bicyclic) bond motifs is 1. The lowest BCUT2D eigenvalue weighted by Gasteiger charge is -2.33. The van der Waals surface area contributed by atoms with Gasteiger partial charge in [0.05, 0.1) is 16.8 Å². The number of pyridine rings is 1. The smallest absolute Gasteiger partial charge is 0.251 e. The lowest BCUT2D eigenvalue weighted by Crippen LogP contribution is -2.41. The van der Waals surface area contributed by atoms with Crippen molar-refractivity contribution in [3.8, 4) is 5.75 Å². The molecule has 4 rings (SSSR count). The average Bonchev–Trinajstić information content (AvgIpc) is 3.38. The number of carbonyl (C=O) groups excluding carboxylic acids is 1. The molecule has 2 aliphatic rings. The molecule has 148 valence electrons. The highest BCUT2D eigenvalue weighted by Crippen LogP contribution is 2.47. The standard InChI is InChI=1S/C18H21N5O4S/c1-11-9-12(5-8-20-11)17(24)21-18(6-7-18)10-27-14-4-2-3-13-15(14)16(19)23-28(25,26)22-13/h2-5,8-9,22,25-26H,6-7,10H2,1H3,(H2,19,23)(H,21,24). The first-order valence-electron chi connectivity index (χ1n) is 8.70. The third kappa shape index (κ3) is 3.75. The Morgan fingerprint density at radius 3 is 2.89 bits per heavy atom. The molecule has 2 heterocycles. The van der Waals surface area contributed by atoms with Gasteiger partial charge < -0.3 is 15.8 Å². The Balaban J connectivity index is 1.48. The molecule has 1 aromatic carbocycles. The molecule has 0 unspecified atom stereocenters. The minimum Gasteiger partial charge on any atom is -0.490 e. The van der Waals surface area contributed by atoms with Crippen molar-refractivity contribution in [1.29, 1.82) is 0 Å². The largest absolute Gasteiger partial charge is 0.490 e. The quantitative estimate of drug-likeness (QED) is 0.516. The molecule has 0 bridgehead atoms. The highest BCUT2D eigenvalue weighted by atomic mass is 32.3. The molecule has 1 aromatic heterocycles. The molecular weight excluding hydrogens is 382 g/mol. The van der Waals surface area contributed by atoms with Crippen LogP contribution in [0.3, 0.4) is 0 Å². The number of nitrogens with two attached hydrogens (primary N) is 1. The molecule has 0 radical (unpaired) electrons. The minimum absolute atomic E-state index is 0.00880. The van der Waals surface area contributed by atoms with Crippen LogP contribution in [0, 0.1) is 6.92 Å². The van der Waals surface area contributed by atoms with Crippen molar-refractivity contribution in [2.45, 2.75) is 25.3 Å². The lowest BCUT2D eigenvalue weighted by atomic mass is 10.1. The summed E-state index contributed by atoms with van der Waals surface area (Å²) in [5.74, 6) is 0.283. The summed E-state index contributed by atoms with van der Waals surface area (Å²) in [6, 6.07) is 8.52. The molecule has 0 atom stereocenters. The predicted molar refractivity (Wildman–Crippen MR) is 108 cm³/mol. The Bertz CT molecular complexity index is 974. The summed E-state index contributed by atoms with van der Waals surface area (Å²) in [7, 11) is -3.35. The second-order valence-electron chi connectivity index (χ2n) is 6.99. The van der Waals surface area contributed by atoms with Crippen LogP contribution in [-0.4, -0.2) is 38.0 Å². The van der Waals surface area contributed by atoms with Crippen molar-refractivity contribution in [3.05, 3.63) is 53.3 Å². The fourth-order valence-electron chi connectivity index (χ4n) is 3.03. The van der Waals surface area contributed by atoms with E-state index in [2.05, 4.69) is 19.4 Å². The van der Waals surface area contributed by atoms with Crippen LogP contribution in [0.4, 0.5) is 5.69 Å². The fourth-order valence-corrected chi connectivity index (χ4v) is 3.90. The van der Waals surface area contributed by atoms with Gasteiger partial charge in [-0.05, 0) is 55.0 Å². The van der Waals surface area contributed by atoms with E-state index in [-0.39, 0.29) is 18.3 Å². The Morgan fingerprint density at radius 2 is 2.18 bits per heavy atom. The summed E-state index contributed by atoms with van der Waals surface area (Å²) in [4.78, 5) is 16.6. The third-order valence-electron chi connectivity index (χ3n) is 4.65. The highest BCUT2D eigenvalue weighted by Gasteiger charge is 2.45. The zero-order valence-corrected chi connectivity index (χ0v) is 16.0. The van der Waals surface area contributed by atoms with Gasteiger partial charge in [-0.15, -0.1) is 4.40 Å². The van der Waals surface area contributed by atoms with Gasteiger partial charge in [0, 0.05) is 17.5 Å². The topological polar surface area (TPSA) is 142 Å². The summed E-state index contributed by atoms with van der Waals surface area (Å²) >= 11 is 0. The van der Waals surface area contributed by atoms with E-state index >= 15 is 0 Å². The number of amides is 1. The van der Waals surface area contributed by atoms with Crippen LogP contribution in [0.5, 0.6) is 5.75 Å². The minimum atomic E-state index is -3.35. The number of rotatable bonds is 5. The lowest BCUT2D eigenvalue weighted by molar-refractivity contribution is 0.0912. The van der Waals surface area contributed by atoms with Crippen LogP contribution in [0.1, 0.15) is 34.5 Å². The van der Waals surface area contributed by atoms with E-state index in [1.807, 2.05) is 6.92 Å². The molecule has 0 spiro atoms. The molecule has 1 saturated carbocycles. The van der Waals surface area contributed by atoms with Crippen LogP contribution >= 0.6 is 11.0 Å². The number of benzene rings is 1. The Morgan fingerprint density at radius 1 is 1.39 bits per heavy atom. The molecule has 1 fully saturated rings. The van der Waals surface area contributed by atoms with E-state index in [0.29, 0.717) is 22.6 Å². The summed E-state index contributed by atoms with van der Waals surface area (Å²) in [6.07, 6.45) is 3.22. The van der Waals surface area contributed by atoms with Crippen LogP contribution < -0.4 is 20.5 Å². The van der Waals surface area contributed by atoms with Crippen molar-refractivity contribution in [2.24, 2.45) is 10.1 Å². The SMILES string of the molecule is Cc1cc(C(=O)NC2(COc3cccc4c3C(N)=NS(O)(O)N4)CC2)ccn1. The third-order valence-corrected chi connectivity index (χ3v) is 5.60. The van der Waals surface area contributed by atoms with E-state index in [0.717, 1.165) is 18.5 Å². The summed E-state index contributed by atoms with van der Waals surface area (Å²) in [6.45, 7) is 2.10. The van der Waals surface area contributed by atoms with E-state index < -0.39 is 16.5 Å². The second-order valence-corrected chi connectivity index (χ2v) is 8.41. The van der Waals surface area contributed by atoms with Gasteiger partial charge in [0.15, 0.2) is 5.84 Å². The Hall–Kier alpha value is -2.82. The first-order chi connectivity index (χ1) is 13.3. The number of ether oxygens (including phenoxy) is 1. The summed E-state index contributed by atoms with van der Waals surface area (Å²) < 4.78 is 31.7. The molecular formula is C18H21N5O4S. The molecule has 28 heavy (non-hydrogen) atoms. The highest BCUT2D eigenvalue weighted by molar-refractivity contribution is 8.24. The van der Waals surface area contributed by atoms with Crippen LogP contribution in [0.2, 0.25) is 0 Å². The zero-order valence-electron chi connectivity index (χ0n) is 15.2. The van der Waals surface area contributed by atoms with E-state index in [9.17, 15) is 13.9 Å². The van der Waals surface area contributed by atoms with Gasteiger partial charge >= 0.3 is 0 Å². The van der Waals surface area contributed by atoms with E-state index in [1.54, 1.807) is 36.5 Å². The number of aromatic nitrogens is 1.